The van der Waals surface area contributed by atoms with Crippen LogP contribution < -0.4 is 4.90 Å². The van der Waals surface area contributed by atoms with Gasteiger partial charge in [-0.1, -0.05) is 36.2 Å². The van der Waals surface area contributed by atoms with Crippen molar-refractivity contribution in [3.05, 3.63) is 34.1 Å². The molecule has 1 aliphatic rings. The predicted octanol–water partition coefficient (Wildman–Crippen LogP) is 0.479. The number of sulfonamides is 1. The quantitative estimate of drug-likeness (QED) is 0.735. The predicted molar refractivity (Wildman–Crippen MR) is 97.7 cm³/mol. The van der Waals surface area contributed by atoms with Gasteiger partial charge in [-0.25, -0.2) is 13.1 Å². The van der Waals surface area contributed by atoms with Gasteiger partial charge in [0, 0.05) is 6.54 Å². The van der Waals surface area contributed by atoms with Gasteiger partial charge < -0.3 is 4.90 Å². The first kappa shape index (κ1) is 19.5. The van der Waals surface area contributed by atoms with Gasteiger partial charge in [0.15, 0.2) is 0 Å². The Morgan fingerprint density at radius 3 is 2.65 bits per heavy atom. The Morgan fingerprint density at radius 2 is 1.96 bits per heavy atom. The van der Waals surface area contributed by atoms with Crippen molar-refractivity contribution >= 4 is 33.2 Å². The summed E-state index contributed by atoms with van der Waals surface area (Å²) < 4.78 is 29.0. The van der Waals surface area contributed by atoms with Crippen LogP contribution in [-0.2, 0) is 23.1 Å². The fourth-order valence-corrected chi connectivity index (χ4v) is 5.18. The van der Waals surface area contributed by atoms with Crippen LogP contribution in [0.1, 0.15) is 19.2 Å². The van der Waals surface area contributed by atoms with Crippen LogP contribution in [0, 0.1) is 0 Å². The molecule has 0 spiro atoms. The summed E-state index contributed by atoms with van der Waals surface area (Å²) in [6, 6.07) is 4.66. The van der Waals surface area contributed by atoms with E-state index in [1.807, 2.05) is 4.68 Å². The molecule has 142 valence electrons. The average Bonchev–Trinajstić information content (AvgIpc) is 3.05. The van der Waals surface area contributed by atoms with E-state index in [0.717, 1.165) is 18.8 Å². The zero-order valence-electron chi connectivity index (χ0n) is 14.4. The van der Waals surface area contributed by atoms with E-state index in [-0.39, 0.29) is 14.9 Å². The van der Waals surface area contributed by atoms with Gasteiger partial charge in [-0.15, -0.1) is 5.10 Å². The van der Waals surface area contributed by atoms with Crippen LogP contribution in [-0.4, -0.2) is 59.1 Å². The molecular formula is C15H21Cl2N6O2S+. The van der Waals surface area contributed by atoms with E-state index in [9.17, 15) is 8.42 Å². The Bertz CT molecular complexity index is 865. The number of aryl methyl sites for hydroxylation is 1. The lowest BCUT2D eigenvalue weighted by Crippen LogP contribution is -3.13. The molecule has 1 aromatic heterocycles. The maximum Gasteiger partial charge on any atom is 0.245 e. The first-order chi connectivity index (χ1) is 12.4. The molecule has 11 heteroatoms. The summed E-state index contributed by atoms with van der Waals surface area (Å²) >= 11 is 12.1. The van der Waals surface area contributed by atoms with Gasteiger partial charge in [0.25, 0.3) is 0 Å². The molecule has 1 N–H and O–H groups in total. The summed E-state index contributed by atoms with van der Waals surface area (Å²) in [5.41, 5.74) is 0. The van der Waals surface area contributed by atoms with Crippen LogP contribution in [0.5, 0.6) is 0 Å². The van der Waals surface area contributed by atoms with Crippen LogP contribution in [0.15, 0.2) is 23.1 Å². The number of tetrazole rings is 1. The molecule has 2 heterocycles. The maximum absolute atomic E-state index is 12.9. The fraction of sp³-hybridized carbons (Fsp3) is 0.533. The first-order valence-electron chi connectivity index (χ1n) is 8.46. The van der Waals surface area contributed by atoms with Gasteiger partial charge in [-0.2, -0.15) is 4.31 Å². The first-order valence-corrected chi connectivity index (χ1v) is 10.7. The molecule has 0 aliphatic carbocycles. The van der Waals surface area contributed by atoms with Crippen molar-refractivity contribution in [2.75, 3.05) is 26.2 Å². The summed E-state index contributed by atoms with van der Waals surface area (Å²) in [5.74, 6) is 0.830. The van der Waals surface area contributed by atoms with E-state index in [1.165, 1.54) is 15.3 Å². The molecule has 0 bridgehead atoms. The zero-order chi connectivity index (χ0) is 18.7. The minimum atomic E-state index is -3.66. The molecule has 1 fully saturated rings. The van der Waals surface area contributed by atoms with E-state index in [4.69, 9.17) is 23.2 Å². The number of nitrogens with one attached hydrogen (secondary N) is 1. The number of hydrogen-bond donors (Lipinski definition) is 1. The molecule has 1 aliphatic heterocycles. The third-order valence-electron chi connectivity index (χ3n) is 4.41. The van der Waals surface area contributed by atoms with Crippen LogP contribution >= 0.6 is 23.2 Å². The minimum absolute atomic E-state index is 0.0574. The number of nitrogens with zero attached hydrogens (tertiary/aromatic N) is 5. The van der Waals surface area contributed by atoms with Gasteiger partial charge in [-0.05, 0) is 29.0 Å². The Kier molecular flexibility index (Phi) is 6.13. The Labute approximate surface area is 162 Å². The van der Waals surface area contributed by atoms with Gasteiger partial charge in [0.1, 0.15) is 11.4 Å². The van der Waals surface area contributed by atoms with E-state index in [0.29, 0.717) is 32.7 Å². The third kappa shape index (κ3) is 4.01. The summed E-state index contributed by atoms with van der Waals surface area (Å²) in [6.45, 7) is 5.71. The molecule has 1 saturated heterocycles. The largest absolute Gasteiger partial charge is 0.326 e. The summed E-state index contributed by atoms with van der Waals surface area (Å²) in [5, 5.41) is 12.1. The lowest BCUT2D eigenvalue weighted by Gasteiger charge is -2.31. The molecule has 0 saturated carbocycles. The van der Waals surface area contributed by atoms with Crippen molar-refractivity contribution in [2.45, 2.75) is 31.3 Å². The second-order valence-corrected chi connectivity index (χ2v) is 8.89. The van der Waals surface area contributed by atoms with Gasteiger partial charge in [-0.3, -0.25) is 0 Å². The second-order valence-electron chi connectivity index (χ2n) is 6.20. The van der Waals surface area contributed by atoms with Gasteiger partial charge in [0.2, 0.25) is 15.8 Å². The standard InChI is InChI=1S/C15H20Cl2N6O2S/c1-2-6-23-14(18-19-20-23)11-21-7-9-22(10-8-21)26(24,25)13-5-3-4-12(16)15(13)17/h3-5H,2,6-11H2,1H3/p+1. The minimum Gasteiger partial charge on any atom is -0.326 e. The van der Waals surface area contributed by atoms with Crippen LogP contribution in [0.2, 0.25) is 10.0 Å². The van der Waals surface area contributed by atoms with Crippen molar-refractivity contribution in [2.24, 2.45) is 0 Å². The molecule has 0 atom stereocenters. The topological polar surface area (TPSA) is 85.4 Å². The van der Waals surface area contributed by atoms with Crippen molar-refractivity contribution < 1.29 is 13.3 Å². The smallest absolute Gasteiger partial charge is 0.245 e. The number of piperazine rings is 1. The number of benzene rings is 1. The SMILES string of the molecule is CCCn1nnnc1C[NH+]1CCN(S(=O)(=O)c2cccc(Cl)c2Cl)CC1. The van der Waals surface area contributed by atoms with E-state index < -0.39 is 10.0 Å². The number of halogens is 2. The molecule has 1 aromatic carbocycles. The lowest BCUT2D eigenvalue weighted by atomic mass is 10.3. The van der Waals surface area contributed by atoms with Gasteiger partial charge in [0.05, 0.1) is 36.2 Å². The van der Waals surface area contributed by atoms with E-state index in [2.05, 4.69) is 22.4 Å². The van der Waals surface area contributed by atoms with Crippen molar-refractivity contribution in [3.63, 3.8) is 0 Å². The van der Waals surface area contributed by atoms with Crippen LogP contribution in [0.25, 0.3) is 0 Å². The molecule has 0 radical (unpaired) electrons. The summed E-state index contributed by atoms with van der Waals surface area (Å²) in [6.07, 6.45) is 0.958. The number of quaternary nitrogens is 1. The molecule has 8 nitrogen and oxygen atoms in total. The summed E-state index contributed by atoms with van der Waals surface area (Å²) in [4.78, 5) is 1.31. The third-order valence-corrected chi connectivity index (χ3v) is 7.29. The van der Waals surface area contributed by atoms with Crippen molar-refractivity contribution in [1.29, 1.82) is 0 Å². The van der Waals surface area contributed by atoms with E-state index in [1.54, 1.807) is 12.1 Å². The van der Waals surface area contributed by atoms with Crippen LogP contribution in [0.3, 0.4) is 0 Å². The second kappa shape index (κ2) is 8.18. The lowest BCUT2D eigenvalue weighted by molar-refractivity contribution is -0.918. The Hall–Kier alpha value is -1.26. The molecule has 0 unspecified atom stereocenters. The fourth-order valence-electron chi connectivity index (χ4n) is 3.00. The molecule has 0 amide bonds. The zero-order valence-corrected chi connectivity index (χ0v) is 16.7. The highest BCUT2D eigenvalue weighted by molar-refractivity contribution is 7.89. The van der Waals surface area contributed by atoms with Crippen LogP contribution in [0.4, 0.5) is 0 Å². The number of aromatic nitrogens is 4. The maximum atomic E-state index is 12.9. The molecule has 2 aromatic rings. The number of rotatable bonds is 6. The number of hydrogen-bond acceptors (Lipinski definition) is 5. The van der Waals surface area contributed by atoms with Gasteiger partial charge >= 0.3 is 0 Å². The van der Waals surface area contributed by atoms with E-state index >= 15 is 0 Å². The Morgan fingerprint density at radius 1 is 1.23 bits per heavy atom. The Balaban J connectivity index is 1.66. The highest BCUT2D eigenvalue weighted by Gasteiger charge is 2.32. The normalized spacial score (nSPS) is 16.9. The monoisotopic (exact) mass is 419 g/mol. The molecular weight excluding hydrogens is 399 g/mol. The highest BCUT2D eigenvalue weighted by atomic mass is 35.5. The molecule has 26 heavy (non-hydrogen) atoms. The average molecular weight is 420 g/mol. The highest BCUT2D eigenvalue weighted by Crippen LogP contribution is 2.30. The summed E-state index contributed by atoms with van der Waals surface area (Å²) in [7, 11) is -3.66. The van der Waals surface area contributed by atoms with Crippen molar-refractivity contribution in [3.8, 4) is 0 Å². The molecule has 3 rings (SSSR count). The van der Waals surface area contributed by atoms with Crippen molar-refractivity contribution in [1.82, 2.24) is 24.5 Å².